The second-order valence-electron chi connectivity index (χ2n) is 11.3. The molecule has 0 heterocycles. The Morgan fingerprint density at radius 1 is 1.13 bits per heavy atom. The molecule has 30 heavy (non-hydrogen) atoms. The van der Waals surface area contributed by atoms with Crippen molar-refractivity contribution in [2.24, 2.45) is 34.5 Å². The molecule has 2 amide bonds. The number of carbonyl (C=O) groups excluding carboxylic acids is 2. The van der Waals surface area contributed by atoms with Crippen molar-refractivity contribution in [2.75, 3.05) is 14.1 Å². The average Bonchev–Trinajstić information content (AvgIpc) is 3.05. The smallest absolute Gasteiger partial charge is 0.311 e. The first-order chi connectivity index (χ1) is 14.1. The number of nitrogens with zero attached hydrogens (tertiary/aromatic N) is 1. The van der Waals surface area contributed by atoms with Crippen LogP contribution >= 0.6 is 0 Å². The number of hydrogen-bond acceptors (Lipinski definition) is 3. The third kappa shape index (κ3) is 3.32. The monoisotopic (exact) mass is 416 g/mol. The number of hydrogen-bond donors (Lipinski definition) is 2. The SMILES string of the molecule is C[C@@H](NC(=O)C(=O)N(C)C)[C@H]1CC[C@H]2[C@@H]3CC=C4C[C@@H](O)CC[C@]4(C)[C@H]3CC[C@]12C. The van der Waals surface area contributed by atoms with Crippen LogP contribution in [0.2, 0.25) is 0 Å². The molecule has 0 aromatic heterocycles. The zero-order valence-corrected chi connectivity index (χ0v) is 19.4. The fourth-order valence-corrected chi connectivity index (χ4v) is 8.08. The van der Waals surface area contributed by atoms with E-state index < -0.39 is 11.8 Å². The van der Waals surface area contributed by atoms with Crippen LogP contribution in [0.3, 0.4) is 0 Å². The molecule has 0 bridgehead atoms. The maximum atomic E-state index is 12.3. The number of allylic oxidation sites excluding steroid dienone is 1. The van der Waals surface area contributed by atoms with Gasteiger partial charge in [-0.2, -0.15) is 0 Å². The van der Waals surface area contributed by atoms with Gasteiger partial charge >= 0.3 is 11.8 Å². The lowest BCUT2D eigenvalue weighted by atomic mass is 9.47. The van der Waals surface area contributed by atoms with Crippen molar-refractivity contribution in [3.8, 4) is 0 Å². The van der Waals surface area contributed by atoms with Crippen molar-refractivity contribution in [1.82, 2.24) is 10.2 Å². The van der Waals surface area contributed by atoms with Gasteiger partial charge in [-0.05, 0) is 92.8 Å². The van der Waals surface area contributed by atoms with E-state index in [1.165, 1.54) is 29.7 Å². The second-order valence-corrected chi connectivity index (χ2v) is 11.3. The van der Waals surface area contributed by atoms with Crippen molar-refractivity contribution in [3.05, 3.63) is 11.6 Å². The van der Waals surface area contributed by atoms with Crippen LogP contribution in [0, 0.1) is 34.5 Å². The number of rotatable bonds is 2. The molecule has 3 fully saturated rings. The van der Waals surface area contributed by atoms with Gasteiger partial charge in [0.25, 0.3) is 0 Å². The van der Waals surface area contributed by atoms with Gasteiger partial charge in [-0.15, -0.1) is 0 Å². The molecular weight excluding hydrogens is 376 g/mol. The number of nitrogens with one attached hydrogen (secondary N) is 1. The van der Waals surface area contributed by atoms with Gasteiger partial charge in [-0.3, -0.25) is 9.59 Å². The summed E-state index contributed by atoms with van der Waals surface area (Å²) in [5.41, 5.74) is 2.01. The van der Waals surface area contributed by atoms with Crippen molar-refractivity contribution >= 4 is 11.8 Å². The molecule has 0 spiro atoms. The molecule has 5 nitrogen and oxygen atoms in total. The van der Waals surface area contributed by atoms with Crippen LogP contribution in [0.15, 0.2) is 11.6 Å². The summed E-state index contributed by atoms with van der Waals surface area (Å²) in [6, 6.07) is 0.0167. The van der Waals surface area contributed by atoms with Gasteiger partial charge in [-0.25, -0.2) is 0 Å². The van der Waals surface area contributed by atoms with Gasteiger partial charge in [0.05, 0.1) is 6.10 Å². The molecule has 168 valence electrons. The maximum absolute atomic E-state index is 12.3. The highest BCUT2D eigenvalue weighted by Gasteiger charge is 2.59. The lowest BCUT2D eigenvalue weighted by Crippen LogP contribution is -2.53. The fourth-order valence-electron chi connectivity index (χ4n) is 8.08. The van der Waals surface area contributed by atoms with Crippen LogP contribution in [-0.2, 0) is 9.59 Å². The Morgan fingerprint density at radius 2 is 1.87 bits per heavy atom. The molecule has 4 aliphatic carbocycles. The van der Waals surface area contributed by atoms with E-state index in [0.29, 0.717) is 17.8 Å². The molecule has 0 unspecified atom stereocenters. The van der Waals surface area contributed by atoms with Crippen LogP contribution in [0.5, 0.6) is 0 Å². The summed E-state index contributed by atoms with van der Waals surface area (Å²) < 4.78 is 0. The molecule has 3 saturated carbocycles. The minimum absolute atomic E-state index is 0.0167. The van der Waals surface area contributed by atoms with Gasteiger partial charge in [0, 0.05) is 20.1 Å². The lowest BCUT2D eigenvalue weighted by Gasteiger charge is -2.58. The molecule has 2 N–H and O–H groups in total. The molecule has 8 atom stereocenters. The van der Waals surface area contributed by atoms with E-state index in [4.69, 9.17) is 0 Å². The first kappa shape index (κ1) is 21.9. The molecule has 0 aromatic rings. The largest absolute Gasteiger partial charge is 0.393 e. The predicted octanol–water partition coefficient (Wildman–Crippen LogP) is 3.52. The number of aliphatic hydroxyl groups is 1. The molecule has 4 aliphatic rings. The van der Waals surface area contributed by atoms with E-state index in [0.717, 1.165) is 38.0 Å². The molecular formula is C25H40N2O3. The second kappa shape index (κ2) is 7.65. The number of aliphatic hydroxyl groups excluding tert-OH is 1. The first-order valence-electron chi connectivity index (χ1n) is 12.0. The summed E-state index contributed by atoms with van der Waals surface area (Å²) >= 11 is 0. The number of carbonyl (C=O) groups is 2. The molecule has 0 radical (unpaired) electrons. The predicted molar refractivity (Wildman–Crippen MR) is 117 cm³/mol. The Bertz CT molecular complexity index is 747. The van der Waals surface area contributed by atoms with Crippen molar-refractivity contribution in [1.29, 1.82) is 0 Å². The summed E-state index contributed by atoms with van der Waals surface area (Å²) in [5, 5.41) is 13.2. The highest BCUT2D eigenvalue weighted by atomic mass is 16.3. The van der Waals surface area contributed by atoms with Gasteiger partial charge in [0.15, 0.2) is 0 Å². The Kier molecular flexibility index (Phi) is 5.57. The number of fused-ring (bicyclic) bond motifs is 5. The fraction of sp³-hybridized carbons (Fsp3) is 0.840. The van der Waals surface area contributed by atoms with E-state index in [-0.39, 0.29) is 23.0 Å². The van der Waals surface area contributed by atoms with Crippen LogP contribution in [0.4, 0.5) is 0 Å². The van der Waals surface area contributed by atoms with Crippen molar-refractivity contribution < 1.29 is 14.7 Å². The quantitative estimate of drug-likeness (QED) is 0.535. The highest BCUT2D eigenvalue weighted by molar-refractivity contribution is 6.34. The van der Waals surface area contributed by atoms with Gasteiger partial charge < -0.3 is 15.3 Å². The molecule has 0 saturated heterocycles. The van der Waals surface area contributed by atoms with Crippen LogP contribution in [-0.4, -0.2) is 48.1 Å². The molecule has 4 rings (SSSR count). The Morgan fingerprint density at radius 3 is 2.57 bits per heavy atom. The van der Waals surface area contributed by atoms with Gasteiger partial charge in [-0.1, -0.05) is 25.5 Å². The maximum Gasteiger partial charge on any atom is 0.311 e. The number of likely N-dealkylation sites (N-methyl/N-ethyl adjacent to an activating group) is 1. The Labute approximate surface area is 181 Å². The normalized spacial score (nSPS) is 43.5. The third-order valence-electron chi connectivity index (χ3n) is 9.71. The van der Waals surface area contributed by atoms with Crippen molar-refractivity contribution in [2.45, 2.75) is 84.3 Å². The Hall–Kier alpha value is -1.36. The van der Waals surface area contributed by atoms with E-state index in [2.05, 4.69) is 32.2 Å². The van der Waals surface area contributed by atoms with E-state index in [9.17, 15) is 14.7 Å². The standard InChI is InChI=1S/C25H40N2O3/c1-15(26-22(29)23(30)27(4)5)19-8-9-20-18-7-6-16-14-17(28)10-12-24(16,2)21(18)11-13-25(19,20)3/h6,15,17-21,28H,7-14H2,1-5H3,(H,26,29)/t15-,17+,18+,19-,20+,21+,24+,25-/m1/s1. The Balaban J connectivity index is 1.51. The highest BCUT2D eigenvalue weighted by Crippen LogP contribution is 2.66. The van der Waals surface area contributed by atoms with E-state index >= 15 is 0 Å². The number of amides is 2. The summed E-state index contributed by atoms with van der Waals surface area (Å²) in [7, 11) is 3.24. The zero-order valence-electron chi connectivity index (χ0n) is 19.4. The minimum atomic E-state index is -0.480. The van der Waals surface area contributed by atoms with Crippen LogP contribution < -0.4 is 5.32 Å². The lowest BCUT2D eigenvalue weighted by molar-refractivity contribution is -0.145. The summed E-state index contributed by atoms with van der Waals surface area (Å²) in [6.07, 6.45) is 11.2. The third-order valence-corrected chi connectivity index (χ3v) is 9.71. The first-order valence-corrected chi connectivity index (χ1v) is 12.0. The molecule has 5 heteroatoms. The van der Waals surface area contributed by atoms with Gasteiger partial charge in [0.1, 0.15) is 0 Å². The van der Waals surface area contributed by atoms with Crippen molar-refractivity contribution in [3.63, 3.8) is 0 Å². The van der Waals surface area contributed by atoms with E-state index in [1.54, 1.807) is 14.1 Å². The molecule has 0 aromatic carbocycles. The minimum Gasteiger partial charge on any atom is -0.393 e. The molecule has 0 aliphatic heterocycles. The summed E-state index contributed by atoms with van der Waals surface area (Å²) in [6.45, 7) is 7.01. The van der Waals surface area contributed by atoms with Crippen LogP contribution in [0.25, 0.3) is 0 Å². The summed E-state index contributed by atoms with van der Waals surface area (Å²) in [4.78, 5) is 25.7. The van der Waals surface area contributed by atoms with Crippen LogP contribution in [0.1, 0.15) is 72.1 Å². The summed E-state index contributed by atoms with van der Waals surface area (Å²) in [5.74, 6) is 1.60. The topological polar surface area (TPSA) is 69.6 Å². The van der Waals surface area contributed by atoms with Gasteiger partial charge in [0.2, 0.25) is 0 Å². The zero-order chi connectivity index (χ0) is 21.8. The van der Waals surface area contributed by atoms with E-state index in [1.807, 2.05) is 0 Å². The average molecular weight is 417 g/mol.